The van der Waals surface area contributed by atoms with Gasteiger partial charge in [-0.05, 0) is 107 Å². The van der Waals surface area contributed by atoms with Crippen molar-refractivity contribution >= 4 is 35.3 Å². The number of pyridine rings is 1. The van der Waals surface area contributed by atoms with Crippen LogP contribution >= 0.6 is 0 Å². The first-order valence-corrected chi connectivity index (χ1v) is 16.0. The van der Waals surface area contributed by atoms with Crippen LogP contribution in [0, 0.1) is 11.6 Å². The maximum absolute atomic E-state index is 15.1. The molecule has 4 aliphatic rings. The molecule has 0 saturated carbocycles. The molecule has 2 atom stereocenters. The Hall–Kier alpha value is -4.87. The number of rotatable bonds is 3. The molecule has 0 radical (unpaired) electrons. The van der Waals surface area contributed by atoms with Crippen LogP contribution in [0.2, 0.25) is 0 Å². The minimum atomic E-state index is -1.43. The number of ether oxygens (including phenoxy) is 1. The molecule has 10 nitrogen and oxygen atoms in total. The van der Waals surface area contributed by atoms with Crippen LogP contribution in [-0.4, -0.2) is 62.8 Å². The smallest absolute Gasteiger partial charge is 0.411 e. The van der Waals surface area contributed by atoms with Gasteiger partial charge in [-0.15, -0.1) is 0 Å². The van der Waals surface area contributed by atoms with Gasteiger partial charge in [0.05, 0.1) is 17.5 Å². The predicted octanol–water partition coefficient (Wildman–Crippen LogP) is 4.99. The Morgan fingerprint density at radius 1 is 1.04 bits per heavy atom. The van der Waals surface area contributed by atoms with Crippen molar-refractivity contribution in [3.63, 3.8) is 0 Å². The lowest BCUT2D eigenvalue weighted by Crippen LogP contribution is -2.72. The van der Waals surface area contributed by atoms with E-state index in [2.05, 4.69) is 15.6 Å². The minimum Gasteiger partial charge on any atom is -0.444 e. The van der Waals surface area contributed by atoms with Crippen LogP contribution in [-0.2, 0) is 49.3 Å². The van der Waals surface area contributed by atoms with Crippen molar-refractivity contribution in [1.82, 2.24) is 14.8 Å². The highest BCUT2D eigenvalue weighted by molar-refractivity contribution is 6.06. The Balaban J connectivity index is 1.18. The second-order valence-corrected chi connectivity index (χ2v) is 14.8. The van der Waals surface area contributed by atoms with Gasteiger partial charge in [0.25, 0.3) is 0 Å². The number of carbonyl (C=O) groups excluding carboxylic acids is 4. The summed E-state index contributed by atoms with van der Waals surface area (Å²) < 4.78 is 35.4. The monoisotopic (exact) mass is 657 g/mol. The van der Waals surface area contributed by atoms with E-state index in [-0.39, 0.29) is 36.4 Å². The van der Waals surface area contributed by atoms with E-state index in [0.717, 1.165) is 22.8 Å². The van der Waals surface area contributed by atoms with Crippen LogP contribution in [0.15, 0.2) is 48.7 Å². The fourth-order valence-electron chi connectivity index (χ4n) is 7.89. The number of amides is 4. The number of aromatic nitrogens is 1. The van der Waals surface area contributed by atoms with Crippen LogP contribution in [0.3, 0.4) is 0 Å². The second kappa shape index (κ2) is 10.6. The second-order valence-electron chi connectivity index (χ2n) is 14.8. The van der Waals surface area contributed by atoms with Crippen molar-refractivity contribution in [3.05, 3.63) is 88.1 Å². The molecule has 2 aromatic carbocycles. The predicted molar refractivity (Wildman–Crippen MR) is 172 cm³/mol. The highest BCUT2D eigenvalue weighted by atomic mass is 19.1. The van der Waals surface area contributed by atoms with Crippen molar-refractivity contribution < 1.29 is 32.7 Å². The molecule has 12 heteroatoms. The van der Waals surface area contributed by atoms with Gasteiger partial charge in [-0.25, -0.2) is 18.6 Å². The average molecular weight is 658 g/mol. The summed E-state index contributed by atoms with van der Waals surface area (Å²) in [6.07, 6.45) is 2.21. The van der Waals surface area contributed by atoms with E-state index < -0.39 is 58.2 Å². The van der Waals surface area contributed by atoms with Gasteiger partial charge in [-0.3, -0.25) is 19.3 Å². The number of carbonyl (C=O) groups is 4. The third kappa shape index (κ3) is 4.83. The number of benzene rings is 2. The highest BCUT2D eigenvalue weighted by Gasteiger charge is 2.59. The number of hydrogen-bond donors (Lipinski definition) is 2. The average Bonchev–Trinajstić information content (AvgIpc) is 3.64. The Labute approximate surface area is 276 Å². The van der Waals surface area contributed by atoms with Crippen LogP contribution in [0.5, 0.6) is 0 Å². The third-order valence-corrected chi connectivity index (χ3v) is 10.2. The Morgan fingerprint density at radius 3 is 2.54 bits per heavy atom. The van der Waals surface area contributed by atoms with Gasteiger partial charge >= 0.3 is 6.09 Å². The van der Waals surface area contributed by atoms with Gasteiger partial charge in [0.1, 0.15) is 35.1 Å². The summed E-state index contributed by atoms with van der Waals surface area (Å²) in [7, 11) is 0. The van der Waals surface area contributed by atoms with Gasteiger partial charge in [-0.1, -0.05) is 12.1 Å². The zero-order chi connectivity index (χ0) is 34.4. The molecule has 1 aromatic heterocycles. The molecule has 2 N–H and O–H groups in total. The summed E-state index contributed by atoms with van der Waals surface area (Å²) >= 11 is 0. The summed E-state index contributed by atoms with van der Waals surface area (Å²) in [6, 6.07) is 11.2. The molecular weight excluding hydrogens is 620 g/mol. The van der Waals surface area contributed by atoms with Crippen molar-refractivity contribution in [3.8, 4) is 0 Å². The van der Waals surface area contributed by atoms with Gasteiger partial charge in [0, 0.05) is 23.5 Å². The summed E-state index contributed by atoms with van der Waals surface area (Å²) in [4.78, 5) is 61.7. The largest absolute Gasteiger partial charge is 0.444 e. The third-order valence-electron chi connectivity index (χ3n) is 10.2. The molecule has 3 aromatic rings. The zero-order valence-electron chi connectivity index (χ0n) is 27.5. The summed E-state index contributed by atoms with van der Waals surface area (Å²) in [5.74, 6) is -2.18. The number of halogens is 2. The van der Waals surface area contributed by atoms with Crippen molar-refractivity contribution in [2.75, 3.05) is 23.7 Å². The van der Waals surface area contributed by atoms with Gasteiger partial charge in [0.15, 0.2) is 0 Å². The van der Waals surface area contributed by atoms with Crippen molar-refractivity contribution in [2.45, 2.75) is 82.4 Å². The number of anilines is 2. The summed E-state index contributed by atoms with van der Waals surface area (Å²) in [6.45, 7) is 7.73. The molecule has 4 amide bonds. The van der Waals surface area contributed by atoms with E-state index in [1.165, 1.54) is 15.9 Å². The number of hydrogen-bond acceptors (Lipinski definition) is 6. The highest BCUT2D eigenvalue weighted by Crippen LogP contribution is 2.49. The molecular formula is C36H37F2N5O5. The Morgan fingerprint density at radius 2 is 1.79 bits per heavy atom. The van der Waals surface area contributed by atoms with E-state index in [0.29, 0.717) is 24.3 Å². The number of piperazine rings is 1. The maximum atomic E-state index is 15.1. The van der Waals surface area contributed by atoms with Crippen molar-refractivity contribution in [2.24, 2.45) is 0 Å². The lowest BCUT2D eigenvalue weighted by molar-refractivity contribution is -0.164. The van der Waals surface area contributed by atoms with E-state index >= 15 is 4.39 Å². The summed E-state index contributed by atoms with van der Waals surface area (Å²) in [5.41, 5.74) is -0.725. The Kier molecular flexibility index (Phi) is 6.98. The van der Waals surface area contributed by atoms with E-state index in [9.17, 15) is 23.6 Å². The van der Waals surface area contributed by atoms with Gasteiger partial charge in [-0.2, -0.15) is 0 Å². The lowest BCUT2D eigenvalue weighted by Gasteiger charge is -2.55. The molecule has 3 heterocycles. The summed E-state index contributed by atoms with van der Waals surface area (Å²) in [5, 5.41) is 5.79. The first kappa shape index (κ1) is 31.7. The van der Waals surface area contributed by atoms with Gasteiger partial charge < -0.3 is 20.3 Å². The number of nitrogens with one attached hydrogen (secondary N) is 2. The fraction of sp³-hybridized carbons (Fsp3) is 0.417. The van der Waals surface area contributed by atoms with E-state index in [1.54, 1.807) is 46.9 Å². The minimum absolute atomic E-state index is 0.111. The fourth-order valence-corrected chi connectivity index (χ4v) is 7.89. The number of fused-ring (bicyclic) bond motifs is 5. The Bertz CT molecular complexity index is 1920. The SMILES string of the molecule is CC(C)(C)OC(=O)N1C[C@@]2(CCc3c(F)cc(F)cc32)N(CC(=O)Nc2ccc3c(c2)C[C@@]2(C3)C(=O)Nc3ncccc32)C(=O)C1(C)C. The quantitative estimate of drug-likeness (QED) is 0.410. The first-order chi connectivity index (χ1) is 22.5. The topological polar surface area (TPSA) is 121 Å². The molecule has 0 unspecified atom stereocenters. The molecule has 250 valence electrons. The van der Waals surface area contributed by atoms with Crippen LogP contribution in [0.4, 0.5) is 25.1 Å². The molecule has 1 saturated heterocycles. The molecule has 7 rings (SSSR count). The lowest BCUT2D eigenvalue weighted by atomic mass is 9.79. The standard InChI is InChI=1S/C36H37F2N5O5/c1-33(2,3)48-32(47)43-19-36(11-10-24-26(36)14-22(37)15-27(24)38)42(31(46)34(43,4)5)18-28(44)40-23-9-8-20-16-35(17-21(20)13-23)25-7-6-12-39-29(25)41-30(35)45/h6-9,12-15H,10-11,16-19H2,1-5H3,(H,40,44)(H,39,41,45)/t35-,36-/m1/s1. The van der Waals surface area contributed by atoms with E-state index in [4.69, 9.17) is 4.74 Å². The maximum Gasteiger partial charge on any atom is 0.411 e. The number of nitrogens with zero attached hydrogens (tertiary/aromatic N) is 3. The molecule has 2 aliphatic heterocycles. The molecule has 48 heavy (non-hydrogen) atoms. The molecule has 0 bridgehead atoms. The molecule has 2 aliphatic carbocycles. The molecule has 1 fully saturated rings. The van der Waals surface area contributed by atoms with E-state index in [1.807, 2.05) is 24.3 Å². The zero-order valence-corrected chi connectivity index (χ0v) is 27.5. The normalized spacial score (nSPS) is 23.6. The van der Waals surface area contributed by atoms with Crippen LogP contribution in [0.1, 0.15) is 68.9 Å². The van der Waals surface area contributed by atoms with Crippen molar-refractivity contribution in [1.29, 1.82) is 0 Å². The molecule has 2 spiro atoms. The first-order valence-electron chi connectivity index (χ1n) is 16.0. The van der Waals surface area contributed by atoms with Crippen LogP contribution < -0.4 is 10.6 Å². The van der Waals surface area contributed by atoms with Gasteiger partial charge in [0.2, 0.25) is 17.7 Å². The van der Waals surface area contributed by atoms with Crippen LogP contribution in [0.25, 0.3) is 0 Å².